The summed E-state index contributed by atoms with van der Waals surface area (Å²) < 4.78 is 13.8. The van der Waals surface area contributed by atoms with E-state index in [2.05, 4.69) is 53.4 Å². The standard InChI is InChI=1S/C15H18N2O2S.C10H12OS/c1-16-11-4-7-13(8-5-11)20-17-14-10-12(18-2)6-9-15(14)19-3;1-9-3-5-10(6-4-9)12-8-2-7-11/h4-10,16-17H,1-3H3;3-7H,2,8H2,1H3. The van der Waals surface area contributed by atoms with Gasteiger partial charge >= 0.3 is 0 Å². The fourth-order valence-electron chi connectivity index (χ4n) is 2.56. The Morgan fingerprint density at radius 3 is 2.19 bits per heavy atom. The number of carbonyl (C=O) groups is 1. The highest BCUT2D eigenvalue weighted by Crippen LogP contribution is 2.32. The second-order valence-electron chi connectivity index (χ2n) is 6.66. The van der Waals surface area contributed by atoms with Gasteiger partial charge in [-0.05, 0) is 67.4 Å². The van der Waals surface area contributed by atoms with E-state index in [9.17, 15) is 4.79 Å². The molecule has 0 radical (unpaired) electrons. The highest BCUT2D eigenvalue weighted by molar-refractivity contribution is 8.00. The minimum Gasteiger partial charge on any atom is -0.497 e. The molecule has 2 N–H and O–H groups in total. The van der Waals surface area contributed by atoms with E-state index in [0.717, 1.165) is 39.8 Å². The average Bonchev–Trinajstić information content (AvgIpc) is 2.84. The van der Waals surface area contributed by atoms with Gasteiger partial charge in [-0.15, -0.1) is 11.8 Å². The first kappa shape index (κ1) is 25.5. The molecule has 0 heterocycles. The fourth-order valence-corrected chi connectivity index (χ4v) is 3.99. The smallest absolute Gasteiger partial charge is 0.143 e. The third-order valence-corrected chi connectivity index (χ3v) is 6.23. The van der Waals surface area contributed by atoms with Gasteiger partial charge in [0, 0.05) is 40.8 Å². The number of rotatable bonds is 10. The maximum atomic E-state index is 10.0. The molecule has 0 aliphatic rings. The molecule has 0 aliphatic heterocycles. The molecule has 0 bridgehead atoms. The number of nitrogens with one attached hydrogen (secondary N) is 2. The normalized spacial score (nSPS) is 9.88. The second kappa shape index (κ2) is 14.3. The highest BCUT2D eigenvalue weighted by Gasteiger charge is 2.05. The van der Waals surface area contributed by atoms with Crippen LogP contribution in [0.5, 0.6) is 11.5 Å². The summed E-state index contributed by atoms with van der Waals surface area (Å²) in [6, 6.07) is 22.2. The van der Waals surface area contributed by atoms with E-state index in [4.69, 9.17) is 9.47 Å². The van der Waals surface area contributed by atoms with E-state index in [-0.39, 0.29) is 0 Å². The molecule has 0 unspecified atom stereocenters. The first-order chi connectivity index (χ1) is 15.6. The topological polar surface area (TPSA) is 59.6 Å². The molecule has 3 aromatic rings. The van der Waals surface area contributed by atoms with Crippen molar-refractivity contribution < 1.29 is 14.3 Å². The quantitative estimate of drug-likeness (QED) is 0.151. The molecular formula is C25H30N2O3S2. The van der Waals surface area contributed by atoms with Crippen LogP contribution in [0.3, 0.4) is 0 Å². The molecule has 0 spiro atoms. The fraction of sp³-hybridized carbons (Fsp3) is 0.240. The zero-order valence-electron chi connectivity index (χ0n) is 18.9. The van der Waals surface area contributed by atoms with Gasteiger partial charge < -0.3 is 24.3 Å². The van der Waals surface area contributed by atoms with Crippen molar-refractivity contribution in [1.82, 2.24) is 0 Å². The average molecular weight is 471 g/mol. The van der Waals surface area contributed by atoms with E-state index >= 15 is 0 Å². The van der Waals surface area contributed by atoms with Gasteiger partial charge in [0.15, 0.2) is 0 Å². The van der Waals surface area contributed by atoms with Crippen molar-refractivity contribution in [1.29, 1.82) is 0 Å². The van der Waals surface area contributed by atoms with Crippen molar-refractivity contribution in [3.05, 3.63) is 72.3 Å². The largest absolute Gasteiger partial charge is 0.497 e. The molecule has 0 aliphatic carbocycles. The molecule has 0 atom stereocenters. The summed E-state index contributed by atoms with van der Waals surface area (Å²) in [5, 5.41) is 3.10. The van der Waals surface area contributed by atoms with Gasteiger partial charge in [-0.1, -0.05) is 17.7 Å². The van der Waals surface area contributed by atoms with Crippen LogP contribution in [0.25, 0.3) is 0 Å². The lowest BCUT2D eigenvalue weighted by Gasteiger charge is -2.12. The van der Waals surface area contributed by atoms with Crippen LogP contribution < -0.4 is 19.5 Å². The zero-order chi connectivity index (χ0) is 23.2. The number of aldehydes is 1. The van der Waals surface area contributed by atoms with Crippen molar-refractivity contribution in [3.63, 3.8) is 0 Å². The van der Waals surface area contributed by atoms with Crippen LogP contribution in [-0.2, 0) is 4.79 Å². The third-order valence-electron chi connectivity index (χ3n) is 4.35. The lowest BCUT2D eigenvalue weighted by Crippen LogP contribution is -1.94. The Balaban J connectivity index is 0.000000258. The van der Waals surface area contributed by atoms with E-state index < -0.39 is 0 Å². The Bertz CT molecular complexity index is 948. The SMILES string of the molecule is CNc1ccc(SNc2cc(OC)ccc2OC)cc1.Cc1ccc(SCCC=O)cc1. The van der Waals surface area contributed by atoms with Crippen LogP contribution in [0, 0.1) is 6.92 Å². The van der Waals surface area contributed by atoms with E-state index in [0.29, 0.717) is 6.42 Å². The first-order valence-corrected chi connectivity index (χ1v) is 12.0. The Morgan fingerprint density at radius 2 is 1.59 bits per heavy atom. The van der Waals surface area contributed by atoms with Crippen molar-refractivity contribution in [2.75, 3.05) is 37.1 Å². The molecule has 170 valence electrons. The number of thioether (sulfide) groups is 1. The zero-order valence-corrected chi connectivity index (χ0v) is 20.5. The number of benzene rings is 3. The number of methoxy groups -OCH3 is 2. The summed E-state index contributed by atoms with van der Waals surface area (Å²) in [5.41, 5.74) is 3.25. The van der Waals surface area contributed by atoms with Gasteiger partial charge in [-0.2, -0.15) is 0 Å². The summed E-state index contributed by atoms with van der Waals surface area (Å²) in [6.45, 7) is 2.07. The minimum absolute atomic E-state index is 0.637. The molecule has 3 aromatic carbocycles. The van der Waals surface area contributed by atoms with Crippen LogP contribution in [0.2, 0.25) is 0 Å². The lowest BCUT2D eigenvalue weighted by atomic mass is 10.2. The number of aryl methyl sites for hydroxylation is 1. The molecule has 32 heavy (non-hydrogen) atoms. The van der Waals surface area contributed by atoms with Crippen LogP contribution in [-0.4, -0.2) is 33.3 Å². The molecule has 0 amide bonds. The van der Waals surface area contributed by atoms with Crippen LogP contribution >= 0.6 is 23.7 Å². The molecule has 0 aromatic heterocycles. The number of carbonyl (C=O) groups excluding carboxylic acids is 1. The van der Waals surface area contributed by atoms with Crippen LogP contribution in [0.1, 0.15) is 12.0 Å². The van der Waals surface area contributed by atoms with E-state index in [1.54, 1.807) is 26.0 Å². The Kier molecular flexibility index (Phi) is 11.4. The van der Waals surface area contributed by atoms with Gasteiger partial charge in [0.05, 0.1) is 19.9 Å². The number of ether oxygens (including phenoxy) is 2. The van der Waals surface area contributed by atoms with Crippen LogP contribution in [0.4, 0.5) is 11.4 Å². The van der Waals surface area contributed by atoms with Crippen molar-refractivity contribution in [2.45, 2.75) is 23.1 Å². The number of anilines is 2. The summed E-state index contributed by atoms with van der Waals surface area (Å²) in [4.78, 5) is 12.4. The van der Waals surface area contributed by atoms with E-state index in [1.807, 2.05) is 37.4 Å². The highest BCUT2D eigenvalue weighted by atomic mass is 32.2. The molecule has 3 rings (SSSR count). The summed E-state index contributed by atoms with van der Waals surface area (Å²) in [6.07, 6.45) is 1.60. The van der Waals surface area contributed by atoms with Crippen molar-refractivity contribution >= 4 is 41.4 Å². The maximum absolute atomic E-state index is 10.0. The van der Waals surface area contributed by atoms with Crippen molar-refractivity contribution in [3.8, 4) is 11.5 Å². The van der Waals surface area contributed by atoms with Gasteiger partial charge in [-0.3, -0.25) is 0 Å². The second-order valence-corrected chi connectivity index (χ2v) is 8.71. The maximum Gasteiger partial charge on any atom is 0.143 e. The van der Waals surface area contributed by atoms with Gasteiger partial charge in [0.2, 0.25) is 0 Å². The van der Waals surface area contributed by atoms with E-state index in [1.165, 1.54) is 22.4 Å². The Hall–Kier alpha value is -2.77. The van der Waals surface area contributed by atoms with Crippen molar-refractivity contribution in [2.24, 2.45) is 0 Å². The molecular weight excluding hydrogens is 440 g/mol. The van der Waals surface area contributed by atoms with Gasteiger partial charge in [-0.25, -0.2) is 0 Å². The first-order valence-electron chi connectivity index (χ1n) is 10.2. The molecule has 0 saturated carbocycles. The minimum atomic E-state index is 0.637. The lowest BCUT2D eigenvalue weighted by molar-refractivity contribution is -0.107. The van der Waals surface area contributed by atoms with Crippen LogP contribution in [0.15, 0.2) is 76.5 Å². The number of hydrogen-bond donors (Lipinski definition) is 2. The predicted octanol–water partition coefficient (Wildman–Crippen LogP) is 6.54. The monoisotopic (exact) mass is 470 g/mol. The molecule has 0 fully saturated rings. The summed E-state index contributed by atoms with van der Waals surface area (Å²) in [5.74, 6) is 2.46. The summed E-state index contributed by atoms with van der Waals surface area (Å²) >= 11 is 3.25. The third kappa shape index (κ3) is 8.77. The molecule has 0 saturated heterocycles. The predicted molar refractivity (Wildman–Crippen MR) is 138 cm³/mol. The Labute approximate surface area is 199 Å². The molecule has 5 nitrogen and oxygen atoms in total. The Morgan fingerprint density at radius 1 is 0.906 bits per heavy atom. The number of hydrogen-bond acceptors (Lipinski definition) is 7. The summed E-state index contributed by atoms with van der Waals surface area (Å²) in [7, 11) is 5.20. The van der Waals surface area contributed by atoms with Gasteiger partial charge in [0.25, 0.3) is 0 Å². The van der Waals surface area contributed by atoms with Gasteiger partial charge in [0.1, 0.15) is 17.8 Å². The molecule has 7 heteroatoms.